The first-order valence-electron chi connectivity index (χ1n) is 9.31. The molecule has 27 heavy (non-hydrogen) atoms. The molecule has 0 saturated heterocycles. The Labute approximate surface area is 160 Å². The van der Waals surface area contributed by atoms with Crippen LogP contribution in [0.1, 0.15) is 45.4 Å². The summed E-state index contributed by atoms with van der Waals surface area (Å²) in [5, 5.41) is 7.59. The lowest BCUT2D eigenvalue weighted by atomic mass is 9.98. The van der Waals surface area contributed by atoms with Crippen molar-refractivity contribution in [1.82, 2.24) is 16.0 Å². The molecule has 0 bridgehead atoms. The van der Waals surface area contributed by atoms with Gasteiger partial charge in [0.1, 0.15) is 6.04 Å². The quantitative estimate of drug-likeness (QED) is 0.358. The van der Waals surface area contributed by atoms with Gasteiger partial charge in [0, 0.05) is 0 Å². The molecule has 0 aliphatic heterocycles. The third-order valence-electron chi connectivity index (χ3n) is 4.41. The van der Waals surface area contributed by atoms with E-state index in [2.05, 4.69) is 22.0 Å². The van der Waals surface area contributed by atoms with Crippen LogP contribution in [0.25, 0.3) is 0 Å². The number of rotatable bonds is 12. The summed E-state index contributed by atoms with van der Waals surface area (Å²) in [7, 11) is 1.60. The van der Waals surface area contributed by atoms with E-state index in [9.17, 15) is 19.2 Å². The molecule has 2 atom stereocenters. The fourth-order valence-corrected chi connectivity index (χ4v) is 2.82. The smallest absolute Gasteiger partial charge is 0.289 e. The number of nitrogens with two attached hydrogens (primary N) is 1. The standard InChI is InChI=1S/C19H30N4O4/c1-3-7-14(21-2)17(25)19(27)22-12-16(24)23-15(18(20)26)11-10-13-8-5-4-6-9-13/h4-5,8,14-15,21H,3,6-7,9-12H2,1-2H3,(H2,20,26)(H,22,27)(H,23,24). The van der Waals surface area contributed by atoms with Crippen LogP contribution in [-0.2, 0) is 19.2 Å². The van der Waals surface area contributed by atoms with Crippen molar-refractivity contribution in [2.75, 3.05) is 13.6 Å². The van der Waals surface area contributed by atoms with E-state index in [0.717, 1.165) is 19.3 Å². The highest BCUT2D eigenvalue weighted by Gasteiger charge is 2.24. The molecule has 3 amide bonds. The molecule has 150 valence electrons. The highest BCUT2D eigenvalue weighted by molar-refractivity contribution is 6.38. The first-order valence-corrected chi connectivity index (χ1v) is 9.31. The zero-order valence-electron chi connectivity index (χ0n) is 16.0. The summed E-state index contributed by atoms with van der Waals surface area (Å²) < 4.78 is 0. The van der Waals surface area contributed by atoms with Crippen LogP contribution in [0.15, 0.2) is 23.8 Å². The molecule has 0 aromatic carbocycles. The first kappa shape index (κ1) is 22.6. The molecule has 2 unspecified atom stereocenters. The van der Waals surface area contributed by atoms with E-state index in [1.165, 1.54) is 5.57 Å². The van der Waals surface area contributed by atoms with Gasteiger partial charge in [-0.1, -0.05) is 37.1 Å². The summed E-state index contributed by atoms with van der Waals surface area (Å²) in [6.07, 6.45) is 10.3. The van der Waals surface area contributed by atoms with Gasteiger partial charge >= 0.3 is 0 Å². The van der Waals surface area contributed by atoms with Gasteiger partial charge in [-0.15, -0.1) is 0 Å². The predicted molar refractivity (Wildman–Crippen MR) is 103 cm³/mol. The predicted octanol–water partition coefficient (Wildman–Crippen LogP) is 0.0865. The number of hydrogen-bond acceptors (Lipinski definition) is 5. The fourth-order valence-electron chi connectivity index (χ4n) is 2.82. The number of likely N-dealkylation sites (N-methyl/N-ethyl adjacent to an activating group) is 1. The molecule has 0 spiro atoms. The average molecular weight is 378 g/mol. The Balaban J connectivity index is 2.46. The van der Waals surface area contributed by atoms with Gasteiger partial charge in [0.05, 0.1) is 12.6 Å². The molecule has 0 radical (unpaired) electrons. The van der Waals surface area contributed by atoms with E-state index in [0.29, 0.717) is 19.3 Å². The van der Waals surface area contributed by atoms with Crippen LogP contribution in [0.4, 0.5) is 0 Å². The van der Waals surface area contributed by atoms with Crippen molar-refractivity contribution in [3.05, 3.63) is 23.8 Å². The summed E-state index contributed by atoms with van der Waals surface area (Å²) >= 11 is 0. The van der Waals surface area contributed by atoms with Crippen LogP contribution in [0.5, 0.6) is 0 Å². The first-order chi connectivity index (χ1) is 12.9. The number of primary amides is 1. The lowest BCUT2D eigenvalue weighted by molar-refractivity contribution is -0.139. The molecule has 1 aliphatic carbocycles. The Morgan fingerprint density at radius 3 is 2.48 bits per heavy atom. The summed E-state index contributed by atoms with van der Waals surface area (Å²) in [6.45, 7) is 1.52. The molecule has 0 heterocycles. The maximum absolute atomic E-state index is 12.0. The second-order valence-electron chi connectivity index (χ2n) is 6.53. The van der Waals surface area contributed by atoms with Crippen LogP contribution in [0, 0.1) is 0 Å². The van der Waals surface area contributed by atoms with Gasteiger partial charge in [-0.25, -0.2) is 0 Å². The van der Waals surface area contributed by atoms with Crippen LogP contribution in [0.2, 0.25) is 0 Å². The van der Waals surface area contributed by atoms with Crippen LogP contribution in [-0.4, -0.2) is 49.2 Å². The van der Waals surface area contributed by atoms with Crippen molar-refractivity contribution < 1.29 is 19.2 Å². The number of carbonyl (C=O) groups is 4. The molecule has 1 aliphatic rings. The minimum atomic E-state index is -0.826. The summed E-state index contributed by atoms with van der Waals surface area (Å²) in [5.74, 6) is -2.63. The van der Waals surface area contributed by atoms with Crippen molar-refractivity contribution in [1.29, 1.82) is 0 Å². The van der Waals surface area contributed by atoms with E-state index in [-0.39, 0.29) is 6.54 Å². The molecule has 0 fully saturated rings. The number of allylic oxidation sites excluding steroid dienone is 4. The largest absolute Gasteiger partial charge is 0.368 e. The van der Waals surface area contributed by atoms with Crippen molar-refractivity contribution in [3.63, 3.8) is 0 Å². The average Bonchev–Trinajstić information content (AvgIpc) is 2.67. The van der Waals surface area contributed by atoms with E-state index in [1.807, 2.05) is 19.1 Å². The number of ketones is 1. The topological polar surface area (TPSA) is 130 Å². The van der Waals surface area contributed by atoms with Gasteiger partial charge in [-0.2, -0.15) is 0 Å². The number of hydrogen-bond donors (Lipinski definition) is 4. The molecular formula is C19H30N4O4. The molecule has 5 N–H and O–H groups in total. The van der Waals surface area contributed by atoms with E-state index >= 15 is 0 Å². The number of nitrogens with one attached hydrogen (secondary N) is 3. The van der Waals surface area contributed by atoms with Crippen molar-refractivity contribution in [2.24, 2.45) is 5.73 Å². The van der Waals surface area contributed by atoms with Gasteiger partial charge in [0.2, 0.25) is 17.6 Å². The molecule has 0 aromatic rings. The number of Topliss-reactive ketones (excluding diaryl/α,β-unsaturated/α-hetero) is 1. The van der Waals surface area contributed by atoms with Gasteiger partial charge < -0.3 is 21.7 Å². The lowest BCUT2D eigenvalue weighted by Crippen LogP contribution is -2.50. The second kappa shape index (κ2) is 12.0. The highest BCUT2D eigenvalue weighted by atomic mass is 16.2. The van der Waals surface area contributed by atoms with Crippen molar-refractivity contribution >= 4 is 23.5 Å². The Morgan fingerprint density at radius 1 is 1.19 bits per heavy atom. The van der Waals surface area contributed by atoms with Gasteiger partial charge in [-0.3, -0.25) is 19.2 Å². The second-order valence-corrected chi connectivity index (χ2v) is 6.53. The molecular weight excluding hydrogens is 348 g/mol. The monoisotopic (exact) mass is 378 g/mol. The summed E-state index contributed by atoms with van der Waals surface area (Å²) in [4.78, 5) is 47.5. The zero-order chi connectivity index (χ0) is 20.2. The molecule has 8 nitrogen and oxygen atoms in total. The SMILES string of the molecule is CCCC(NC)C(=O)C(=O)NCC(=O)NC(CCC1=CC=CCC1)C(N)=O. The van der Waals surface area contributed by atoms with Crippen molar-refractivity contribution in [3.8, 4) is 0 Å². The fraction of sp³-hybridized carbons (Fsp3) is 0.579. The molecule has 0 aromatic heterocycles. The van der Waals surface area contributed by atoms with Crippen LogP contribution in [0.3, 0.4) is 0 Å². The third-order valence-corrected chi connectivity index (χ3v) is 4.41. The zero-order valence-corrected chi connectivity index (χ0v) is 16.0. The number of carbonyl (C=O) groups excluding carboxylic acids is 4. The normalized spacial score (nSPS) is 15.4. The minimum Gasteiger partial charge on any atom is -0.368 e. The van der Waals surface area contributed by atoms with Gasteiger partial charge in [0.15, 0.2) is 0 Å². The summed E-state index contributed by atoms with van der Waals surface area (Å²) in [6, 6.07) is -1.39. The molecule has 8 heteroatoms. The molecule has 0 saturated carbocycles. The Hall–Kier alpha value is -2.48. The minimum absolute atomic E-state index is 0.387. The molecule has 1 rings (SSSR count). The van der Waals surface area contributed by atoms with Crippen molar-refractivity contribution in [2.45, 2.75) is 57.5 Å². The van der Waals surface area contributed by atoms with Crippen LogP contribution >= 0.6 is 0 Å². The van der Waals surface area contributed by atoms with E-state index in [4.69, 9.17) is 5.73 Å². The van der Waals surface area contributed by atoms with Crippen LogP contribution < -0.4 is 21.7 Å². The Bertz CT molecular complexity index is 613. The van der Waals surface area contributed by atoms with E-state index < -0.39 is 35.6 Å². The lowest BCUT2D eigenvalue weighted by Gasteiger charge is -2.17. The Kier molecular flexibility index (Phi) is 10.0. The maximum atomic E-state index is 12.0. The summed E-state index contributed by atoms with van der Waals surface area (Å²) in [5.41, 5.74) is 6.56. The van der Waals surface area contributed by atoms with Gasteiger partial charge in [0.25, 0.3) is 5.91 Å². The Morgan fingerprint density at radius 2 is 1.93 bits per heavy atom. The maximum Gasteiger partial charge on any atom is 0.289 e. The van der Waals surface area contributed by atoms with Gasteiger partial charge in [-0.05, 0) is 39.2 Å². The third kappa shape index (κ3) is 8.17. The van der Waals surface area contributed by atoms with E-state index in [1.54, 1.807) is 7.05 Å². The highest BCUT2D eigenvalue weighted by Crippen LogP contribution is 2.17. The number of amides is 3.